The molecule has 3 amide bonds. The number of hydrogen-bond acceptors (Lipinski definition) is 5. The predicted molar refractivity (Wildman–Crippen MR) is 209 cm³/mol. The van der Waals surface area contributed by atoms with Crippen LogP contribution >= 0.6 is 12.2 Å². The number of hydrogen-bond donors (Lipinski definition) is 6. The molecule has 14 heteroatoms. The fourth-order valence-electron chi connectivity index (χ4n) is 5.77. The van der Waals surface area contributed by atoms with Crippen molar-refractivity contribution in [3.05, 3.63) is 70.7 Å². The zero-order valence-corrected chi connectivity index (χ0v) is 32.7. The number of unbranched alkanes of at least 4 members (excludes halogenated alkanes) is 2. The maximum atomic E-state index is 13.3. The Labute approximate surface area is 321 Å². The van der Waals surface area contributed by atoms with Crippen LogP contribution in [0, 0.1) is 11.7 Å². The fraction of sp³-hybridized carbons (Fsp3) is 0.550. The number of benzene rings is 2. The van der Waals surface area contributed by atoms with E-state index in [2.05, 4.69) is 48.6 Å². The van der Waals surface area contributed by atoms with E-state index in [9.17, 15) is 37.1 Å². The molecule has 1 aromatic heterocycles. The van der Waals surface area contributed by atoms with Crippen LogP contribution in [-0.4, -0.2) is 58.0 Å². The Kier molecular flexibility index (Phi) is 20.2. The summed E-state index contributed by atoms with van der Waals surface area (Å²) in [5, 5.41) is 18.5. The molecule has 2 aliphatic rings. The Morgan fingerprint density at radius 2 is 1.52 bits per heavy atom. The number of aromatic amines is 1. The number of carbonyl (C=O) groups is 3. The molecule has 0 radical (unpaired) electrons. The summed E-state index contributed by atoms with van der Waals surface area (Å²) >= 11 is 5.35. The van der Waals surface area contributed by atoms with Gasteiger partial charge in [0.05, 0.1) is 41.7 Å². The Bertz CT molecular complexity index is 1630. The maximum Gasteiger partial charge on any atom is 0.418 e. The Balaban J connectivity index is 0.000000364. The molecule has 1 heterocycles. The number of halogens is 4. The van der Waals surface area contributed by atoms with Crippen LogP contribution in [0.25, 0.3) is 10.9 Å². The highest BCUT2D eigenvalue weighted by Crippen LogP contribution is 2.39. The molecule has 1 fully saturated rings. The van der Waals surface area contributed by atoms with E-state index < -0.39 is 29.4 Å². The predicted octanol–water partition coefficient (Wildman–Crippen LogP) is 7.21. The summed E-state index contributed by atoms with van der Waals surface area (Å²) in [6.07, 6.45) is 5.23. The Morgan fingerprint density at radius 3 is 2.09 bits per heavy atom. The Morgan fingerprint density at radius 1 is 0.889 bits per heavy atom. The summed E-state index contributed by atoms with van der Waals surface area (Å²) in [6, 6.07) is 10.4. The number of aryl methyl sites for hydroxylation is 1. The van der Waals surface area contributed by atoms with Gasteiger partial charge >= 0.3 is 6.18 Å². The molecule has 54 heavy (non-hydrogen) atoms. The number of fused-ring (bicyclic) bond motifs is 3. The second-order valence-corrected chi connectivity index (χ2v) is 14.0. The molecule has 3 aromatic rings. The van der Waals surface area contributed by atoms with Crippen molar-refractivity contribution in [3.8, 4) is 0 Å². The molecule has 300 valence electrons. The van der Waals surface area contributed by atoms with Gasteiger partial charge in [-0.2, -0.15) is 13.2 Å². The third kappa shape index (κ3) is 15.7. The van der Waals surface area contributed by atoms with E-state index in [-0.39, 0.29) is 49.0 Å². The van der Waals surface area contributed by atoms with Gasteiger partial charge in [0.25, 0.3) is 0 Å². The van der Waals surface area contributed by atoms with Crippen LogP contribution in [0.4, 0.5) is 17.6 Å². The molecule has 1 unspecified atom stereocenters. The molecule has 2 aliphatic carbocycles. The summed E-state index contributed by atoms with van der Waals surface area (Å²) in [4.78, 5) is 37.8. The number of H-pyrrole nitrogens is 1. The van der Waals surface area contributed by atoms with Crippen LogP contribution in [0.5, 0.6) is 0 Å². The number of rotatable bonds is 10. The van der Waals surface area contributed by atoms with Gasteiger partial charge in [-0.15, -0.1) is 0 Å². The molecule has 1 atom stereocenters. The molecule has 9 nitrogen and oxygen atoms in total. The number of aromatic nitrogens is 1. The van der Waals surface area contributed by atoms with Crippen molar-refractivity contribution in [2.45, 2.75) is 123 Å². The smallest absolute Gasteiger partial charge is 0.393 e. The SMILES string of the molecule is CCCC.CCCC.NC(=O)CNC(=O)Cc1ccccc1F.O=C(NCC(=S)NC1CCC(O)CC1)C1CCc2[nH]c3c(C(F)(F)F)cccc3c2C1. The number of thiocarbonyl (C=S) groups is 1. The third-order valence-corrected chi connectivity index (χ3v) is 9.42. The van der Waals surface area contributed by atoms with Crippen molar-refractivity contribution in [2.75, 3.05) is 13.1 Å². The highest BCUT2D eigenvalue weighted by atomic mass is 32.1. The van der Waals surface area contributed by atoms with E-state index >= 15 is 0 Å². The second-order valence-electron chi connectivity index (χ2n) is 13.5. The molecule has 0 aliphatic heterocycles. The molecule has 7 N–H and O–H groups in total. The average molecular weight is 780 g/mol. The lowest BCUT2D eigenvalue weighted by atomic mass is 9.85. The van der Waals surface area contributed by atoms with Crippen molar-refractivity contribution < 1.29 is 37.1 Å². The highest BCUT2D eigenvalue weighted by Gasteiger charge is 2.35. The van der Waals surface area contributed by atoms with Gasteiger partial charge < -0.3 is 31.8 Å². The highest BCUT2D eigenvalue weighted by molar-refractivity contribution is 7.80. The maximum absolute atomic E-state index is 13.3. The van der Waals surface area contributed by atoms with Crippen LogP contribution in [0.1, 0.15) is 108 Å². The minimum absolute atomic E-state index is 0.0973. The standard InChI is InChI=1S/C22H26F3N3O2S.C10H11FN2O2.2C4H10/c23-22(24,25)17-3-1-2-15-16-10-12(4-9-18(16)28-20(15)17)21(30)26-11-19(31)27-13-5-7-14(29)8-6-13;11-8-4-2-1-3-7(8)5-10(15)13-6-9(12)14;2*1-3-4-2/h1-3,12-14,28-29H,4-11H2,(H,26,30)(H,27,31);1-4H,5-6H2,(H2,12,14)(H,13,15);2*3-4H2,1-2H3. The lowest BCUT2D eigenvalue weighted by Crippen LogP contribution is -2.44. The molecular formula is C40H57F4N5O4S. The molecular weight excluding hydrogens is 723 g/mol. The number of alkyl halides is 3. The van der Waals surface area contributed by atoms with Gasteiger partial charge in [0.1, 0.15) is 5.82 Å². The van der Waals surface area contributed by atoms with E-state index in [1.165, 1.54) is 43.9 Å². The quantitative estimate of drug-likeness (QED) is 0.0947. The van der Waals surface area contributed by atoms with Crippen molar-refractivity contribution in [1.82, 2.24) is 20.9 Å². The van der Waals surface area contributed by atoms with Crippen LogP contribution in [0.3, 0.4) is 0 Å². The first-order chi connectivity index (χ1) is 25.6. The topological polar surface area (TPSA) is 149 Å². The summed E-state index contributed by atoms with van der Waals surface area (Å²) in [5.74, 6) is -1.92. The number of nitrogens with two attached hydrogens (primary N) is 1. The third-order valence-electron chi connectivity index (χ3n) is 9.15. The van der Waals surface area contributed by atoms with Gasteiger partial charge in [-0.1, -0.05) is 95.9 Å². The number of aliphatic hydroxyl groups excluding tert-OH is 1. The number of carbonyl (C=O) groups excluding carboxylic acids is 3. The van der Waals surface area contributed by atoms with Crippen molar-refractivity contribution in [3.63, 3.8) is 0 Å². The summed E-state index contributed by atoms with van der Waals surface area (Å²) in [7, 11) is 0. The van der Waals surface area contributed by atoms with Crippen LogP contribution in [-0.2, 0) is 39.8 Å². The fourth-order valence-corrected chi connectivity index (χ4v) is 6.01. The molecule has 1 saturated carbocycles. The van der Waals surface area contributed by atoms with Gasteiger partial charge in [0, 0.05) is 23.0 Å². The zero-order chi connectivity index (χ0) is 40.3. The first-order valence-corrected chi connectivity index (χ1v) is 19.3. The normalized spacial score (nSPS) is 17.5. The van der Waals surface area contributed by atoms with Crippen LogP contribution < -0.4 is 21.7 Å². The van der Waals surface area contributed by atoms with Crippen LogP contribution in [0.15, 0.2) is 42.5 Å². The number of nitrogens with one attached hydrogen (secondary N) is 4. The van der Waals surface area contributed by atoms with Crippen LogP contribution in [0.2, 0.25) is 0 Å². The number of primary amides is 1. The average Bonchev–Trinajstić information content (AvgIpc) is 3.53. The monoisotopic (exact) mass is 779 g/mol. The van der Waals surface area contributed by atoms with E-state index in [4.69, 9.17) is 18.0 Å². The summed E-state index contributed by atoms with van der Waals surface area (Å²) in [5.41, 5.74) is 6.14. The minimum atomic E-state index is -4.43. The largest absolute Gasteiger partial charge is 0.418 e. The second kappa shape index (κ2) is 23.7. The molecule has 5 rings (SSSR count). The van der Waals surface area contributed by atoms with Crippen molar-refractivity contribution >= 4 is 45.8 Å². The molecule has 2 aromatic carbocycles. The van der Waals surface area contributed by atoms with Gasteiger partial charge in [-0.3, -0.25) is 14.4 Å². The lowest BCUT2D eigenvalue weighted by Gasteiger charge is -2.27. The van der Waals surface area contributed by atoms with Gasteiger partial charge in [-0.25, -0.2) is 4.39 Å². The number of para-hydroxylation sites is 1. The van der Waals surface area contributed by atoms with Gasteiger partial charge in [0.15, 0.2) is 0 Å². The van der Waals surface area contributed by atoms with E-state index in [0.717, 1.165) is 43.0 Å². The molecule has 0 spiro atoms. The summed E-state index contributed by atoms with van der Waals surface area (Å²) < 4.78 is 53.1. The number of aliphatic hydroxyl groups is 1. The van der Waals surface area contributed by atoms with E-state index in [0.29, 0.717) is 35.2 Å². The van der Waals surface area contributed by atoms with Gasteiger partial charge in [0.2, 0.25) is 17.7 Å². The zero-order valence-electron chi connectivity index (χ0n) is 31.8. The van der Waals surface area contributed by atoms with E-state index in [1.54, 1.807) is 18.2 Å². The first kappa shape index (κ1) is 46.1. The van der Waals surface area contributed by atoms with Crippen molar-refractivity contribution in [1.29, 1.82) is 0 Å². The molecule has 0 saturated heterocycles. The van der Waals surface area contributed by atoms with Gasteiger partial charge in [-0.05, 0) is 68.2 Å². The lowest BCUT2D eigenvalue weighted by molar-refractivity contribution is -0.136. The minimum Gasteiger partial charge on any atom is -0.393 e. The van der Waals surface area contributed by atoms with Crippen molar-refractivity contribution in [2.24, 2.45) is 11.7 Å². The molecule has 0 bridgehead atoms. The number of amides is 3. The Hall–Kier alpha value is -4.04. The first-order valence-electron chi connectivity index (χ1n) is 18.9. The van der Waals surface area contributed by atoms with E-state index in [1.807, 2.05) is 0 Å². The summed E-state index contributed by atoms with van der Waals surface area (Å²) in [6.45, 7) is 8.73.